The zero-order valence-electron chi connectivity index (χ0n) is 13.0. The van der Waals surface area contributed by atoms with Gasteiger partial charge in [-0.15, -0.1) is 11.3 Å². The Bertz CT molecular complexity index is 722. The fraction of sp³-hybridized carbons (Fsp3) is 0.176. The number of thiazole rings is 1. The van der Waals surface area contributed by atoms with E-state index in [-0.39, 0.29) is 5.91 Å². The van der Waals surface area contributed by atoms with E-state index in [0.29, 0.717) is 23.2 Å². The number of carbonyl (C=O) groups excluding carboxylic acids is 1. The van der Waals surface area contributed by atoms with Gasteiger partial charge in [-0.25, -0.2) is 4.98 Å². The van der Waals surface area contributed by atoms with Gasteiger partial charge in [0.2, 0.25) is 5.91 Å². The minimum Gasteiger partial charge on any atom is -0.493 e. The summed E-state index contributed by atoms with van der Waals surface area (Å²) in [5, 5.41) is 3.30. The number of hydrogen-bond acceptors (Lipinski definition) is 5. The Kier molecular flexibility index (Phi) is 5.94. The van der Waals surface area contributed by atoms with Crippen molar-refractivity contribution in [2.45, 2.75) is 6.92 Å². The van der Waals surface area contributed by atoms with E-state index in [1.54, 1.807) is 37.6 Å². The standard InChI is InChI=1S/C17H18N2O3S/c1-4-9-22-14-7-5-13(10-15(14)21-3)6-8-16(20)19-17-18-11-12(2)23-17/h4-8,10-11H,1,9H2,2-3H3,(H,18,19,20)/b8-6+. The SMILES string of the molecule is C=CCOc1ccc(/C=C/C(=O)Nc2ncc(C)s2)cc1OC. The molecule has 0 unspecified atom stereocenters. The van der Waals surface area contributed by atoms with Gasteiger partial charge >= 0.3 is 0 Å². The van der Waals surface area contributed by atoms with Crippen molar-refractivity contribution in [1.29, 1.82) is 0 Å². The molecule has 0 radical (unpaired) electrons. The second kappa shape index (κ2) is 8.14. The Morgan fingerprint density at radius 2 is 2.26 bits per heavy atom. The highest BCUT2D eigenvalue weighted by Crippen LogP contribution is 2.28. The van der Waals surface area contributed by atoms with E-state index in [1.165, 1.54) is 17.4 Å². The number of hydrogen-bond donors (Lipinski definition) is 1. The molecule has 1 aromatic heterocycles. The molecule has 0 spiro atoms. The van der Waals surface area contributed by atoms with Crippen molar-refractivity contribution >= 4 is 28.5 Å². The second-order valence-corrected chi connectivity index (χ2v) is 5.84. The fourth-order valence-corrected chi connectivity index (χ4v) is 2.45. The molecule has 0 bridgehead atoms. The summed E-state index contributed by atoms with van der Waals surface area (Å²) in [6.07, 6.45) is 6.54. The Hall–Kier alpha value is -2.60. The summed E-state index contributed by atoms with van der Waals surface area (Å²) in [5.74, 6) is 1.00. The number of ether oxygens (including phenoxy) is 2. The number of nitrogens with zero attached hydrogens (tertiary/aromatic N) is 1. The molecule has 0 fully saturated rings. The van der Waals surface area contributed by atoms with E-state index in [2.05, 4.69) is 16.9 Å². The van der Waals surface area contributed by atoms with Crippen LogP contribution in [-0.4, -0.2) is 24.6 Å². The smallest absolute Gasteiger partial charge is 0.250 e. The number of benzene rings is 1. The molecule has 120 valence electrons. The van der Waals surface area contributed by atoms with Crippen molar-refractivity contribution in [2.75, 3.05) is 19.0 Å². The van der Waals surface area contributed by atoms with Crippen molar-refractivity contribution in [2.24, 2.45) is 0 Å². The Morgan fingerprint density at radius 3 is 2.91 bits per heavy atom. The van der Waals surface area contributed by atoms with Crippen LogP contribution >= 0.6 is 11.3 Å². The molecule has 0 aliphatic carbocycles. The molecule has 2 aromatic rings. The third-order valence-electron chi connectivity index (χ3n) is 2.82. The molecule has 1 amide bonds. The highest BCUT2D eigenvalue weighted by Gasteiger charge is 2.05. The molecule has 0 saturated carbocycles. The quantitative estimate of drug-likeness (QED) is 0.621. The summed E-state index contributed by atoms with van der Waals surface area (Å²) < 4.78 is 10.8. The van der Waals surface area contributed by atoms with E-state index in [4.69, 9.17) is 9.47 Å². The van der Waals surface area contributed by atoms with Crippen LogP contribution in [0.15, 0.2) is 43.1 Å². The van der Waals surface area contributed by atoms with Crippen LogP contribution in [-0.2, 0) is 4.79 Å². The lowest BCUT2D eigenvalue weighted by Gasteiger charge is -2.09. The third kappa shape index (κ3) is 4.96. The van der Waals surface area contributed by atoms with Crippen molar-refractivity contribution in [3.63, 3.8) is 0 Å². The van der Waals surface area contributed by atoms with Crippen LogP contribution in [0.2, 0.25) is 0 Å². The predicted octanol–water partition coefficient (Wildman–Crippen LogP) is 3.68. The van der Waals surface area contributed by atoms with Crippen LogP contribution in [0.4, 0.5) is 5.13 Å². The summed E-state index contributed by atoms with van der Waals surface area (Å²) in [5.41, 5.74) is 0.832. The van der Waals surface area contributed by atoms with Gasteiger partial charge in [0.15, 0.2) is 16.6 Å². The number of amides is 1. The first-order valence-corrected chi connectivity index (χ1v) is 7.77. The molecule has 1 heterocycles. The molecule has 0 aliphatic rings. The molecule has 0 aliphatic heterocycles. The average molecular weight is 330 g/mol. The summed E-state index contributed by atoms with van der Waals surface area (Å²) in [4.78, 5) is 17.0. The van der Waals surface area contributed by atoms with E-state index in [9.17, 15) is 4.79 Å². The highest BCUT2D eigenvalue weighted by molar-refractivity contribution is 7.15. The lowest BCUT2D eigenvalue weighted by molar-refractivity contribution is -0.111. The number of anilines is 1. The van der Waals surface area contributed by atoms with Gasteiger partial charge in [-0.3, -0.25) is 10.1 Å². The van der Waals surface area contributed by atoms with Crippen LogP contribution in [0, 0.1) is 6.92 Å². The van der Waals surface area contributed by atoms with Gasteiger partial charge < -0.3 is 9.47 Å². The van der Waals surface area contributed by atoms with Gasteiger partial charge in [-0.1, -0.05) is 18.7 Å². The lowest BCUT2D eigenvalue weighted by Crippen LogP contribution is -2.07. The fourth-order valence-electron chi connectivity index (χ4n) is 1.79. The first-order valence-electron chi connectivity index (χ1n) is 6.95. The molecular formula is C17H18N2O3S. The molecule has 1 N–H and O–H groups in total. The third-order valence-corrected chi connectivity index (χ3v) is 3.65. The number of nitrogens with one attached hydrogen (secondary N) is 1. The number of methoxy groups -OCH3 is 1. The topological polar surface area (TPSA) is 60.5 Å². The molecule has 6 heteroatoms. The average Bonchev–Trinajstić information content (AvgIpc) is 2.96. The van der Waals surface area contributed by atoms with Crippen LogP contribution in [0.3, 0.4) is 0 Å². The van der Waals surface area contributed by atoms with Gasteiger partial charge in [0.1, 0.15) is 6.61 Å². The summed E-state index contributed by atoms with van der Waals surface area (Å²) >= 11 is 1.43. The minimum absolute atomic E-state index is 0.231. The molecule has 1 aromatic carbocycles. The normalized spacial score (nSPS) is 10.5. The zero-order chi connectivity index (χ0) is 16.7. The monoisotopic (exact) mass is 330 g/mol. The van der Waals surface area contributed by atoms with Crippen molar-refractivity contribution < 1.29 is 14.3 Å². The predicted molar refractivity (Wildman–Crippen MR) is 93.2 cm³/mol. The summed E-state index contributed by atoms with van der Waals surface area (Å²) in [6, 6.07) is 5.44. The van der Waals surface area contributed by atoms with Crippen LogP contribution in [0.1, 0.15) is 10.4 Å². The molecule has 2 rings (SSSR count). The minimum atomic E-state index is -0.231. The van der Waals surface area contributed by atoms with E-state index >= 15 is 0 Å². The lowest BCUT2D eigenvalue weighted by atomic mass is 10.2. The highest BCUT2D eigenvalue weighted by atomic mass is 32.1. The largest absolute Gasteiger partial charge is 0.493 e. The first-order chi connectivity index (χ1) is 11.1. The molecule has 0 saturated heterocycles. The van der Waals surface area contributed by atoms with Crippen LogP contribution < -0.4 is 14.8 Å². The molecule has 5 nitrogen and oxygen atoms in total. The Labute approximate surface area is 139 Å². The Morgan fingerprint density at radius 1 is 1.43 bits per heavy atom. The van der Waals surface area contributed by atoms with Gasteiger partial charge in [0.25, 0.3) is 0 Å². The first kappa shape index (κ1) is 16.8. The van der Waals surface area contributed by atoms with Gasteiger partial charge in [0.05, 0.1) is 7.11 Å². The number of aryl methyl sites for hydroxylation is 1. The van der Waals surface area contributed by atoms with Crippen LogP contribution in [0.25, 0.3) is 6.08 Å². The second-order valence-electron chi connectivity index (χ2n) is 4.61. The van der Waals surface area contributed by atoms with Gasteiger partial charge in [-0.2, -0.15) is 0 Å². The van der Waals surface area contributed by atoms with Crippen molar-refractivity contribution in [3.05, 3.63) is 53.6 Å². The maximum absolute atomic E-state index is 11.9. The van der Waals surface area contributed by atoms with E-state index < -0.39 is 0 Å². The van der Waals surface area contributed by atoms with Gasteiger partial charge in [-0.05, 0) is 30.7 Å². The maximum Gasteiger partial charge on any atom is 0.250 e. The molecule has 0 atom stereocenters. The number of aromatic nitrogens is 1. The maximum atomic E-state index is 11.9. The van der Waals surface area contributed by atoms with Crippen LogP contribution in [0.5, 0.6) is 11.5 Å². The zero-order valence-corrected chi connectivity index (χ0v) is 13.9. The van der Waals surface area contributed by atoms with E-state index in [0.717, 1.165) is 10.4 Å². The van der Waals surface area contributed by atoms with Gasteiger partial charge in [0, 0.05) is 17.2 Å². The Balaban J connectivity index is 2.03. The molecular weight excluding hydrogens is 312 g/mol. The summed E-state index contributed by atoms with van der Waals surface area (Å²) in [7, 11) is 1.57. The van der Waals surface area contributed by atoms with Crippen molar-refractivity contribution in [1.82, 2.24) is 4.98 Å². The molecule has 23 heavy (non-hydrogen) atoms. The summed E-state index contributed by atoms with van der Waals surface area (Å²) in [6.45, 7) is 5.95. The van der Waals surface area contributed by atoms with Crippen molar-refractivity contribution in [3.8, 4) is 11.5 Å². The number of carbonyl (C=O) groups is 1. The van der Waals surface area contributed by atoms with E-state index in [1.807, 2.05) is 13.0 Å². The number of rotatable bonds is 7.